The Morgan fingerprint density at radius 2 is 2.11 bits per heavy atom. The summed E-state index contributed by atoms with van der Waals surface area (Å²) in [5.41, 5.74) is 1.11. The van der Waals surface area contributed by atoms with E-state index in [1.807, 2.05) is 17.5 Å². The van der Waals surface area contributed by atoms with E-state index >= 15 is 0 Å². The number of thiophene rings is 1. The predicted molar refractivity (Wildman–Crippen MR) is 74.3 cm³/mol. The van der Waals surface area contributed by atoms with Crippen molar-refractivity contribution in [1.29, 1.82) is 5.26 Å². The van der Waals surface area contributed by atoms with Crippen LogP contribution in [0.2, 0.25) is 0 Å². The maximum Gasteiger partial charge on any atom is 0.251 e. The van der Waals surface area contributed by atoms with Gasteiger partial charge in [0.05, 0.1) is 18.2 Å². The summed E-state index contributed by atoms with van der Waals surface area (Å²) in [6, 6.07) is 10.6. The normalized spacial score (nSPS) is 9.78. The lowest BCUT2D eigenvalue weighted by Crippen LogP contribution is -2.22. The number of rotatable bonds is 3. The van der Waals surface area contributed by atoms with Gasteiger partial charge < -0.3 is 5.32 Å². The summed E-state index contributed by atoms with van der Waals surface area (Å²) in [5, 5.41) is 13.5. The van der Waals surface area contributed by atoms with Crippen LogP contribution in [-0.4, -0.2) is 5.91 Å². The number of nitriles is 1. The van der Waals surface area contributed by atoms with Gasteiger partial charge in [0.25, 0.3) is 5.91 Å². The summed E-state index contributed by atoms with van der Waals surface area (Å²) in [6.45, 7) is 0.509. The number of hydrogen-bond acceptors (Lipinski definition) is 3. The summed E-state index contributed by atoms with van der Waals surface area (Å²) in [4.78, 5) is 12.9. The Bertz CT molecular complexity index is 598. The van der Waals surface area contributed by atoms with Crippen molar-refractivity contribution in [1.82, 2.24) is 5.32 Å². The highest BCUT2D eigenvalue weighted by Gasteiger charge is 2.05. The molecule has 0 unspecified atom stereocenters. The van der Waals surface area contributed by atoms with E-state index in [1.54, 1.807) is 35.6 Å². The largest absolute Gasteiger partial charge is 0.347 e. The van der Waals surface area contributed by atoms with Gasteiger partial charge in [-0.15, -0.1) is 11.3 Å². The monoisotopic (exact) mass is 320 g/mol. The zero-order valence-corrected chi connectivity index (χ0v) is 11.7. The molecular formula is C13H9BrN2OS. The molecule has 1 aromatic carbocycles. The van der Waals surface area contributed by atoms with Crippen LogP contribution in [0, 0.1) is 11.3 Å². The number of amides is 1. The maximum absolute atomic E-state index is 11.8. The van der Waals surface area contributed by atoms with E-state index < -0.39 is 0 Å². The highest BCUT2D eigenvalue weighted by molar-refractivity contribution is 9.10. The number of nitrogens with zero attached hydrogens (tertiary/aromatic N) is 1. The molecule has 1 heterocycles. The van der Waals surface area contributed by atoms with Gasteiger partial charge in [-0.3, -0.25) is 4.79 Å². The van der Waals surface area contributed by atoms with Crippen LogP contribution in [-0.2, 0) is 6.54 Å². The Balaban J connectivity index is 1.97. The molecule has 90 valence electrons. The Labute approximate surface area is 117 Å². The Hall–Kier alpha value is -1.64. The van der Waals surface area contributed by atoms with Gasteiger partial charge in [0.2, 0.25) is 0 Å². The summed E-state index contributed by atoms with van der Waals surface area (Å²) in [5.74, 6) is -0.135. The summed E-state index contributed by atoms with van der Waals surface area (Å²) < 4.78 is 1.02. The molecule has 0 atom stereocenters. The van der Waals surface area contributed by atoms with E-state index in [1.165, 1.54) is 0 Å². The lowest BCUT2D eigenvalue weighted by atomic mass is 10.1. The number of carbonyl (C=O) groups excluding carboxylic acids is 1. The minimum Gasteiger partial charge on any atom is -0.347 e. The maximum atomic E-state index is 11.8. The Morgan fingerprint density at radius 3 is 2.67 bits per heavy atom. The van der Waals surface area contributed by atoms with Crippen LogP contribution in [0.1, 0.15) is 20.8 Å². The van der Waals surface area contributed by atoms with Gasteiger partial charge in [0.1, 0.15) is 0 Å². The van der Waals surface area contributed by atoms with Gasteiger partial charge in [0.15, 0.2) is 0 Å². The fraction of sp³-hybridized carbons (Fsp3) is 0.0769. The summed E-state index contributed by atoms with van der Waals surface area (Å²) in [6.07, 6.45) is 0. The van der Waals surface area contributed by atoms with Crippen molar-refractivity contribution in [2.75, 3.05) is 0 Å². The molecule has 0 saturated heterocycles. The van der Waals surface area contributed by atoms with Crippen LogP contribution < -0.4 is 5.32 Å². The third-order valence-corrected chi connectivity index (χ3v) is 4.02. The van der Waals surface area contributed by atoms with Crippen molar-refractivity contribution < 1.29 is 4.79 Å². The van der Waals surface area contributed by atoms with Gasteiger partial charge in [-0.05, 0) is 46.3 Å². The van der Waals surface area contributed by atoms with Crippen molar-refractivity contribution in [2.24, 2.45) is 0 Å². The standard InChI is InChI=1S/C13H9BrN2OS/c14-11-5-12(18-8-11)7-16-13(17)10-3-1-9(6-15)2-4-10/h1-5,8H,7H2,(H,16,17). The first-order chi connectivity index (χ1) is 8.69. The first-order valence-corrected chi connectivity index (χ1v) is 6.87. The second-order valence-electron chi connectivity index (χ2n) is 3.60. The van der Waals surface area contributed by atoms with E-state index in [9.17, 15) is 4.79 Å². The number of nitrogens with one attached hydrogen (secondary N) is 1. The average molecular weight is 321 g/mol. The molecule has 0 aliphatic carbocycles. The molecule has 5 heteroatoms. The summed E-state index contributed by atoms with van der Waals surface area (Å²) >= 11 is 4.96. The second kappa shape index (κ2) is 5.80. The highest BCUT2D eigenvalue weighted by Crippen LogP contribution is 2.19. The first-order valence-electron chi connectivity index (χ1n) is 5.20. The molecule has 0 bridgehead atoms. The first kappa shape index (κ1) is 12.8. The van der Waals surface area contributed by atoms with Gasteiger partial charge in [-0.1, -0.05) is 0 Å². The molecule has 0 aliphatic rings. The quantitative estimate of drug-likeness (QED) is 0.943. The van der Waals surface area contributed by atoms with Crippen LogP contribution in [0.4, 0.5) is 0 Å². The lowest BCUT2D eigenvalue weighted by molar-refractivity contribution is 0.0951. The molecule has 0 radical (unpaired) electrons. The van der Waals surface area contributed by atoms with E-state index in [2.05, 4.69) is 21.2 Å². The molecule has 18 heavy (non-hydrogen) atoms. The molecule has 0 aliphatic heterocycles. The predicted octanol–water partition coefficient (Wildman–Crippen LogP) is 3.31. The van der Waals surface area contributed by atoms with Crippen molar-refractivity contribution in [3.8, 4) is 6.07 Å². The number of hydrogen-bond donors (Lipinski definition) is 1. The summed E-state index contributed by atoms with van der Waals surface area (Å²) in [7, 11) is 0. The third-order valence-electron chi connectivity index (χ3n) is 2.32. The molecule has 2 aromatic rings. The molecule has 0 fully saturated rings. The van der Waals surface area contributed by atoms with Crippen LogP contribution in [0.25, 0.3) is 0 Å². The minimum atomic E-state index is -0.135. The molecule has 1 aromatic heterocycles. The van der Waals surface area contributed by atoms with Crippen molar-refractivity contribution in [2.45, 2.75) is 6.54 Å². The molecule has 3 nitrogen and oxygen atoms in total. The lowest BCUT2D eigenvalue weighted by Gasteiger charge is -2.03. The number of halogens is 1. The van der Waals surface area contributed by atoms with Gasteiger partial charge in [-0.25, -0.2) is 0 Å². The Morgan fingerprint density at radius 1 is 1.39 bits per heavy atom. The topological polar surface area (TPSA) is 52.9 Å². The van der Waals surface area contributed by atoms with Crippen LogP contribution >= 0.6 is 27.3 Å². The van der Waals surface area contributed by atoms with Gasteiger partial charge in [0, 0.05) is 20.3 Å². The Kier molecular flexibility index (Phi) is 4.13. The number of carbonyl (C=O) groups is 1. The number of benzene rings is 1. The van der Waals surface area contributed by atoms with Gasteiger partial charge >= 0.3 is 0 Å². The average Bonchev–Trinajstić information content (AvgIpc) is 2.82. The highest BCUT2D eigenvalue weighted by atomic mass is 79.9. The molecule has 1 N–H and O–H groups in total. The molecule has 0 saturated carbocycles. The van der Waals surface area contributed by atoms with Crippen molar-refractivity contribution in [3.05, 3.63) is 56.2 Å². The van der Waals surface area contributed by atoms with E-state index in [-0.39, 0.29) is 5.91 Å². The van der Waals surface area contributed by atoms with Crippen LogP contribution in [0.15, 0.2) is 40.2 Å². The van der Waals surface area contributed by atoms with Crippen LogP contribution in [0.5, 0.6) is 0 Å². The fourth-order valence-corrected chi connectivity index (χ4v) is 2.80. The van der Waals surface area contributed by atoms with Crippen molar-refractivity contribution >= 4 is 33.2 Å². The van der Waals surface area contributed by atoms with Gasteiger partial charge in [-0.2, -0.15) is 5.26 Å². The van der Waals surface area contributed by atoms with E-state index in [0.717, 1.165) is 9.35 Å². The SMILES string of the molecule is N#Cc1ccc(C(=O)NCc2cc(Br)cs2)cc1. The smallest absolute Gasteiger partial charge is 0.251 e. The zero-order valence-electron chi connectivity index (χ0n) is 9.31. The molecule has 0 spiro atoms. The second-order valence-corrected chi connectivity index (χ2v) is 5.51. The van der Waals surface area contributed by atoms with Crippen LogP contribution in [0.3, 0.4) is 0 Å². The molecular weight excluding hydrogens is 312 g/mol. The molecule has 2 rings (SSSR count). The van der Waals surface area contributed by atoms with E-state index in [0.29, 0.717) is 17.7 Å². The minimum absolute atomic E-state index is 0.135. The fourth-order valence-electron chi connectivity index (χ4n) is 1.41. The van der Waals surface area contributed by atoms with E-state index in [4.69, 9.17) is 5.26 Å². The van der Waals surface area contributed by atoms with Crippen molar-refractivity contribution in [3.63, 3.8) is 0 Å². The molecule has 1 amide bonds. The third kappa shape index (κ3) is 3.19. The zero-order chi connectivity index (χ0) is 13.0.